The van der Waals surface area contributed by atoms with Gasteiger partial charge in [0.1, 0.15) is 0 Å². The van der Waals surface area contributed by atoms with Gasteiger partial charge in [-0.05, 0) is 84.3 Å². The molecule has 5 nitrogen and oxygen atoms in total. The molecule has 2 aromatic rings. The molecule has 6 heteroatoms. The third-order valence-electron chi connectivity index (χ3n) is 4.01. The SMILES string of the molecule is Cc1ccc(NC(=O)CNc2ccc(NC(=O)C3CC3)cc2)cc1I. The van der Waals surface area contributed by atoms with E-state index >= 15 is 0 Å². The molecule has 2 aromatic carbocycles. The first kappa shape index (κ1) is 17.7. The number of hydrogen-bond acceptors (Lipinski definition) is 3. The van der Waals surface area contributed by atoms with Gasteiger partial charge in [-0.2, -0.15) is 0 Å². The van der Waals surface area contributed by atoms with Crippen molar-refractivity contribution in [3.05, 3.63) is 51.6 Å². The lowest BCUT2D eigenvalue weighted by Gasteiger charge is -2.10. The van der Waals surface area contributed by atoms with Crippen LogP contribution in [0.3, 0.4) is 0 Å². The van der Waals surface area contributed by atoms with E-state index in [1.165, 1.54) is 5.56 Å². The van der Waals surface area contributed by atoms with Gasteiger partial charge < -0.3 is 16.0 Å². The number of aryl methyl sites for hydroxylation is 1. The molecule has 0 heterocycles. The zero-order valence-electron chi connectivity index (χ0n) is 13.9. The summed E-state index contributed by atoms with van der Waals surface area (Å²) in [5.41, 5.74) is 3.59. The van der Waals surface area contributed by atoms with Crippen LogP contribution >= 0.6 is 22.6 Å². The number of amides is 2. The number of anilines is 3. The summed E-state index contributed by atoms with van der Waals surface area (Å²) in [5.74, 6) is 0.171. The highest BCUT2D eigenvalue weighted by molar-refractivity contribution is 14.1. The Morgan fingerprint density at radius 2 is 1.64 bits per heavy atom. The van der Waals surface area contributed by atoms with Gasteiger partial charge in [0.2, 0.25) is 11.8 Å². The molecule has 0 aliphatic heterocycles. The number of rotatable bonds is 6. The quantitative estimate of drug-likeness (QED) is 0.584. The van der Waals surface area contributed by atoms with Crippen molar-refractivity contribution >= 4 is 51.5 Å². The van der Waals surface area contributed by atoms with Gasteiger partial charge in [0, 0.05) is 26.6 Å². The zero-order chi connectivity index (χ0) is 17.8. The topological polar surface area (TPSA) is 70.2 Å². The molecule has 1 fully saturated rings. The second-order valence-corrected chi connectivity index (χ2v) is 7.37. The molecule has 0 unspecified atom stereocenters. The highest BCUT2D eigenvalue weighted by Gasteiger charge is 2.29. The minimum atomic E-state index is -0.106. The second-order valence-electron chi connectivity index (χ2n) is 6.21. The van der Waals surface area contributed by atoms with Crippen molar-refractivity contribution in [2.45, 2.75) is 19.8 Å². The van der Waals surface area contributed by atoms with Crippen molar-refractivity contribution in [3.63, 3.8) is 0 Å². The number of nitrogens with one attached hydrogen (secondary N) is 3. The van der Waals surface area contributed by atoms with Crippen LogP contribution in [0.1, 0.15) is 18.4 Å². The number of hydrogen-bond donors (Lipinski definition) is 3. The molecule has 0 aromatic heterocycles. The summed E-state index contributed by atoms with van der Waals surface area (Å²) >= 11 is 2.25. The molecular weight excluding hydrogens is 429 g/mol. The molecule has 25 heavy (non-hydrogen) atoms. The molecule has 1 aliphatic carbocycles. The first-order valence-corrected chi connectivity index (χ1v) is 9.30. The fourth-order valence-corrected chi connectivity index (χ4v) is 2.83. The van der Waals surface area contributed by atoms with Crippen LogP contribution in [-0.2, 0) is 9.59 Å². The molecule has 1 aliphatic rings. The average Bonchev–Trinajstić information content (AvgIpc) is 3.43. The Morgan fingerprint density at radius 1 is 1.00 bits per heavy atom. The van der Waals surface area contributed by atoms with E-state index in [2.05, 4.69) is 38.5 Å². The molecule has 3 rings (SSSR count). The van der Waals surface area contributed by atoms with Crippen LogP contribution in [0.4, 0.5) is 17.1 Å². The van der Waals surface area contributed by atoms with Gasteiger partial charge in [-0.1, -0.05) is 6.07 Å². The summed E-state index contributed by atoms with van der Waals surface area (Å²) in [5, 5.41) is 8.85. The monoisotopic (exact) mass is 449 g/mol. The normalized spacial score (nSPS) is 13.2. The highest BCUT2D eigenvalue weighted by Crippen LogP contribution is 2.30. The number of carbonyl (C=O) groups is 2. The predicted octanol–water partition coefficient (Wildman–Crippen LogP) is 4.00. The first-order valence-electron chi connectivity index (χ1n) is 8.22. The molecule has 130 valence electrons. The van der Waals surface area contributed by atoms with Gasteiger partial charge in [0.05, 0.1) is 6.54 Å². The van der Waals surface area contributed by atoms with Crippen LogP contribution in [-0.4, -0.2) is 18.4 Å². The Hall–Kier alpha value is -2.09. The van der Waals surface area contributed by atoms with Crippen LogP contribution in [0.2, 0.25) is 0 Å². The maximum absolute atomic E-state index is 12.0. The van der Waals surface area contributed by atoms with Crippen molar-refractivity contribution in [3.8, 4) is 0 Å². The smallest absolute Gasteiger partial charge is 0.243 e. The number of benzene rings is 2. The molecule has 0 radical (unpaired) electrons. The number of halogens is 1. The van der Waals surface area contributed by atoms with Gasteiger partial charge in [0.15, 0.2) is 0 Å². The maximum Gasteiger partial charge on any atom is 0.243 e. The Morgan fingerprint density at radius 3 is 2.28 bits per heavy atom. The zero-order valence-corrected chi connectivity index (χ0v) is 16.1. The van der Waals surface area contributed by atoms with Crippen molar-refractivity contribution in [2.75, 3.05) is 22.5 Å². The highest BCUT2D eigenvalue weighted by atomic mass is 127. The largest absolute Gasteiger partial charge is 0.376 e. The Kier molecular flexibility index (Phi) is 5.57. The molecule has 2 amide bonds. The Bertz CT molecular complexity index is 786. The fourth-order valence-electron chi connectivity index (χ4n) is 2.32. The summed E-state index contributed by atoms with van der Waals surface area (Å²) in [7, 11) is 0. The van der Waals surface area contributed by atoms with Crippen molar-refractivity contribution in [2.24, 2.45) is 5.92 Å². The molecule has 1 saturated carbocycles. The molecule has 0 atom stereocenters. The first-order chi connectivity index (χ1) is 12.0. The Balaban J connectivity index is 1.48. The maximum atomic E-state index is 12.0. The van der Waals surface area contributed by atoms with Gasteiger partial charge >= 0.3 is 0 Å². The van der Waals surface area contributed by atoms with E-state index in [-0.39, 0.29) is 24.3 Å². The minimum Gasteiger partial charge on any atom is -0.376 e. The van der Waals surface area contributed by atoms with Gasteiger partial charge in [-0.3, -0.25) is 9.59 Å². The second kappa shape index (κ2) is 7.86. The van der Waals surface area contributed by atoms with E-state index in [4.69, 9.17) is 0 Å². The summed E-state index contributed by atoms with van der Waals surface area (Å²) in [6.45, 7) is 2.21. The molecule has 0 bridgehead atoms. The molecule has 0 saturated heterocycles. The summed E-state index contributed by atoms with van der Waals surface area (Å²) in [4.78, 5) is 23.8. The third kappa shape index (κ3) is 5.19. The van der Waals surface area contributed by atoms with Crippen molar-refractivity contribution in [1.29, 1.82) is 0 Å². The van der Waals surface area contributed by atoms with E-state index in [0.29, 0.717) is 0 Å². The number of carbonyl (C=O) groups excluding carboxylic acids is 2. The lowest BCUT2D eigenvalue weighted by Crippen LogP contribution is -2.21. The lowest BCUT2D eigenvalue weighted by molar-refractivity contribution is -0.117. The summed E-state index contributed by atoms with van der Waals surface area (Å²) in [6, 6.07) is 13.2. The van der Waals surface area contributed by atoms with Crippen LogP contribution < -0.4 is 16.0 Å². The van der Waals surface area contributed by atoms with E-state index in [9.17, 15) is 9.59 Å². The lowest BCUT2D eigenvalue weighted by atomic mass is 10.2. The van der Waals surface area contributed by atoms with Crippen LogP contribution in [0, 0.1) is 16.4 Å². The molecular formula is C19H20IN3O2. The minimum absolute atomic E-state index is 0.0906. The Labute approximate surface area is 160 Å². The summed E-state index contributed by atoms with van der Waals surface area (Å²) in [6.07, 6.45) is 1.97. The van der Waals surface area contributed by atoms with Crippen molar-refractivity contribution in [1.82, 2.24) is 0 Å². The third-order valence-corrected chi connectivity index (χ3v) is 5.17. The van der Waals surface area contributed by atoms with E-state index in [1.54, 1.807) is 0 Å². The van der Waals surface area contributed by atoms with Crippen LogP contribution in [0.25, 0.3) is 0 Å². The van der Waals surface area contributed by atoms with Crippen molar-refractivity contribution < 1.29 is 9.59 Å². The van der Waals surface area contributed by atoms with Crippen LogP contribution in [0.5, 0.6) is 0 Å². The fraction of sp³-hybridized carbons (Fsp3) is 0.263. The molecule has 3 N–H and O–H groups in total. The van der Waals surface area contributed by atoms with E-state index < -0.39 is 0 Å². The van der Waals surface area contributed by atoms with Crippen LogP contribution in [0.15, 0.2) is 42.5 Å². The average molecular weight is 449 g/mol. The standard InChI is InChI=1S/C19H20IN3O2/c1-12-2-5-16(10-17(12)20)22-18(24)11-21-14-6-8-15(9-7-14)23-19(25)13-3-4-13/h2,5-10,13,21H,3-4,11H2,1H3,(H,22,24)(H,23,25). The van der Waals surface area contributed by atoms with Gasteiger partial charge in [-0.15, -0.1) is 0 Å². The van der Waals surface area contributed by atoms with Gasteiger partial charge in [-0.25, -0.2) is 0 Å². The van der Waals surface area contributed by atoms with E-state index in [1.807, 2.05) is 49.4 Å². The predicted molar refractivity (Wildman–Crippen MR) is 109 cm³/mol. The summed E-state index contributed by atoms with van der Waals surface area (Å²) < 4.78 is 1.12. The van der Waals surface area contributed by atoms with E-state index in [0.717, 1.165) is 33.5 Å². The molecule has 0 spiro atoms. The van der Waals surface area contributed by atoms with Gasteiger partial charge in [0.25, 0.3) is 0 Å².